The van der Waals surface area contributed by atoms with Crippen molar-refractivity contribution >= 4 is 16.8 Å². The zero-order valence-corrected chi connectivity index (χ0v) is 15.4. The van der Waals surface area contributed by atoms with E-state index >= 15 is 0 Å². The van der Waals surface area contributed by atoms with Crippen molar-refractivity contribution in [3.05, 3.63) is 48.0 Å². The van der Waals surface area contributed by atoms with Gasteiger partial charge in [-0.3, -0.25) is 4.79 Å². The molecule has 1 N–H and O–H groups in total. The van der Waals surface area contributed by atoms with Crippen molar-refractivity contribution in [3.63, 3.8) is 0 Å². The number of amides is 1. The molecule has 0 aliphatic carbocycles. The van der Waals surface area contributed by atoms with Crippen LogP contribution in [0.25, 0.3) is 22.5 Å². The number of piperidine rings is 1. The number of hydrogen-bond acceptors (Lipinski definition) is 6. The summed E-state index contributed by atoms with van der Waals surface area (Å²) in [6, 6.07) is 7.92. The third-order valence-corrected chi connectivity index (χ3v) is 5.21. The number of carbonyl (C=O) groups excluding carboxylic acids is 1. The van der Waals surface area contributed by atoms with Gasteiger partial charge in [0.15, 0.2) is 11.5 Å². The van der Waals surface area contributed by atoms with E-state index in [1.165, 1.54) is 0 Å². The first-order valence-electron chi connectivity index (χ1n) is 9.27. The Kier molecular flexibility index (Phi) is 3.92. The van der Waals surface area contributed by atoms with Crippen molar-refractivity contribution in [3.8, 4) is 11.6 Å². The van der Waals surface area contributed by atoms with Crippen LogP contribution in [0.15, 0.2) is 41.2 Å². The van der Waals surface area contributed by atoms with Crippen molar-refractivity contribution in [2.45, 2.75) is 25.8 Å². The number of rotatable bonds is 3. The summed E-state index contributed by atoms with van der Waals surface area (Å²) in [5, 5.41) is 13.1. The minimum Gasteiger partial charge on any atom is -0.361 e. The highest BCUT2D eigenvalue weighted by Crippen LogP contribution is 2.26. The summed E-state index contributed by atoms with van der Waals surface area (Å²) in [4.78, 5) is 22.2. The summed E-state index contributed by atoms with van der Waals surface area (Å²) in [5.41, 5.74) is 2.29. The molecule has 1 amide bonds. The van der Waals surface area contributed by atoms with Gasteiger partial charge in [-0.1, -0.05) is 16.4 Å². The Bertz CT molecular complexity index is 1130. The van der Waals surface area contributed by atoms with Gasteiger partial charge in [0.05, 0.1) is 12.2 Å². The van der Waals surface area contributed by atoms with Crippen molar-refractivity contribution in [2.75, 3.05) is 13.1 Å². The van der Waals surface area contributed by atoms with Gasteiger partial charge in [-0.2, -0.15) is 4.98 Å². The van der Waals surface area contributed by atoms with E-state index in [9.17, 15) is 4.79 Å². The van der Waals surface area contributed by atoms with Crippen LogP contribution in [0, 0.1) is 6.92 Å². The number of benzene rings is 1. The Morgan fingerprint density at radius 2 is 2.11 bits per heavy atom. The Balaban J connectivity index is 1.28. The SMILES string of the molecule is Cc1noc(-c2cn(C3CCN(C(=O)c4cccc5[nH]ccc45)CC3)nn2)n1. The predicted molar refractivity (Wildman–Crippen MR) is 101 cm³/mol. The standard InChI is InChI=1S/C19H19N7O2/c1-12-21-18(28-23-12)17-11-26(24-22-17)13-6-9-25(10-7-13)19(27)15-3-2-4-16-14(15)5-8-20-16/h2-5,8,11,13,20H,6-7,9-10H2,1H3. The van der Waals surface area contributed by atoms with Crippen LogP contribution in [0.1, 0.15) is 35.1 Å². The van der Waals surface area contributed by atoms with E-state index in [1.807, 2.05) is 46.2 Å². The highest BCUT2D eigenvalue weighted by molar-refractivity contribution is 6.06. The van der Waals surface area contributed by atoms with E-state index in [2.05, 4.69) is 25.4 Å². The number of aromatic amines is 1. The van der Waals surface area contributed by atoms with Crippen LogP contribution in [0.4, 0.5) is 0 Å². The minimum atomic E-state index is 0.0734. The lowest BCUT2D eigenvalue weighted by molar-refractivity contribution is 0.0691. The molecule has 1 fully saturated rings. The molecular weight excluding hydrogens is 358 g/mol. The number of aryl methyl sites for hydroxylation is 1. The van der Waals surface area contributed by atoms with Crippen LogP contribution >= 0.6 is 0 Å². The van der Waals surface area contributed by atoms with Crippen molar-refractivity contribution < 1.29 is 9.32 Å². The second-order valence-electron chi connectivity index (χ2n) is 7.00. The molecule has 4 aromatic rings. The molecular formula is C19H19N7O2. The smallest absolute Gasteiger partial charge is 0.280 e. The monoisotopic (exact) mass is 377 g/mol. The largest absolute Gasteiger partial charge is 0.361 e. The van der Waals surface area contributed by atoms with Crippen LogP contribution in [0.3, 0.4) is 0 Å². The first-order valence-corrected chi connectivity index (χ1v) is 9.27. The Labute approximate surface area is 160 Å². The Morgan fingerprint density at radius 3 is 2.89 bits per heavy atom. The first kappa shape index (κ1) is 16.7. The maximum absolute atomic E-state index is 13.0. The van der Waals surface area contributed by atoms with Crippen LogP contribution in [0.2, 0.25) is 0 Å². The fraction of sp³-hybridized carbons (Fsp3) is 0.316. The number of nitrogens with zero attached hydrogens (tertiary/aromatic N) is 6. The summed E-state index contributed by atoms with van der Waals surface area (Å²) in [5.74, 6) is 1.01. The first-order chi connectivity index (χ1) is 13.7. The zero-order valence-electron chi connectivity index (χ0n) is 15.4. The number of aromatic nitrogens is 6. The summed E-state index contributed by atoms with van der Waals surface area (Å²) >= 11 is 0. The third-order valence-electron chi connectivity index (χ3n) is 5.21. The Morgan fingerprint density at radius 1 is 1.25 bits per heavy atom. The molecule has 1 saturated heterocycles. The molecule has 1 aliphatic heterocycles. The lowest BCUT2D eigenvalue weighted by atomic mass is 10.0. The quantitative estimate of drug-likeness (QED) is 0.588. The van der Waals surface area contributed by atoms with Crippen LogP contribution in [-0.4, -0.2) is 54.0 Å². The van der Waals surface area contributed by atoms with Crippen molar-refractivity contribution in [1.82, 2.24) is 35.0 Å². The van der Waals surface area contributed by atoms with E-state index in [1.54, 1.807) is 6.92 Å². The van der Waals surface area contributed by atoms with Crippen LogP contribution in [0.5, 0.6) is 0 Å². The number of likely N-dealkylation sites (tertiary alicyclic amines) is 1. The van der Waals surface area contributed by atoms with Gasteiger partial charge in [-0.25, -0.2) is 4.68 Å². The van der Waals surface area contributed by atoms with E-state index < -0.39 is 0 Å². The molecule has 4 heterocycles. The summed E-state index contributed by atoms with van der Waals surface area (Å²) < 4.78 is 6.98. The van der Waals surface area contributed by atoms with Crippen molar-refractivity contribution in [2.24, 2.45) is 0 Å². The maximum Gasteiger partial charge on any atom is 0.280 e. The molecule has 0 bridgehead atoms. The van der Waals surface area contributed by atoms with Gasteiger partial charge in [0.2, 0.25) is 0 Å². The second kappa shape index (κ2) is 6.59. The molecule has 0 atom stereocenters. The summed E-state index contributed by atoms with van der Waals surface area (Å²) in [7, 11) is 0. The van der Waals surface area contributed by atoms with E-state index in [4.69, 9.17) is 4.52 Å². The summed E-state index contributed by atoms with van der Waals surface area (Å²) in [6.45, 7) is 3.12. The van der Waals surface area contributed by atoms with Gasteiger partial charge in [0.1, 0.15) is 0 Å². The lowest BCUT2D eigenvalue weighted by Crippen LogP contribution is -2.39. The number of hydrogen-bond donors (Lipinski definition) is 1. The zero-order chi connectivity index (χ0) is 19.1. The number of carbonyl (C=O) groups is 1. The lowest BCUT2D eigenvalue weighted by Gasteiger charge is -2.32. The molecule has 9 nitrogen and oxygen atoms in total. The molecule has 1 aromatic carbocycles. The van der Waals surface area contributed by atoms with Gasteiger partial charge in [0, 0.05) is 35.8 Å². The predicted octanol–water partition coefficient (Wildman–Crippen LogP) is 2.60. The highest BCUT2D eigenvalue weighted by Gasteiger charge is 2.26. The molecule has 0 saturated carbocycles. The molecule has 9 heteroatoms. The molecule has 0 spiro atoms. The fourth-order valence-electron chi connectivity index (χ4n) is 3.73. The van der Waals surface area contributed by atoms with Gasteiger partial charge in [-0.05, 0) is 38.0 Å². The molecule has 142 valence electrons. The molecule has 0 unspecified atom stereocenters. The minimum absolute atomic E-state index is 0.0734. The second-order valence-corrected chi connectivity index (χ2v) is 7.00. The topological polar surface area (TPSA) is 106 Å². The molecule has 1 aliphatic rings. The van der Waals surface area contributed by atoms with E-state index in [0.29, 0.717) is 30.5 Å². The number of H-pyrrole nitrogens is 1. The number of fused-ring (bicyclic) bond motifs is 1. The van der Waals surface area contributed by atoms with E-state index in [-0.39, 0.29) is 11.9 Å². The number of nitrogens with one attached hydrogen (secondary N) is 1. The van der Waals surface area contributed by atoms with Gasteiger partial charge >= 0.3 is 0 Å². The normalized spacial score (nSPS) is 15.4. The summed E-state index contributed by atoms with van der Waals surface area (Å²) in [6.07, 6.45) is 5.33. The Hall–Kier alpha value is -3.49. The average Bonchev–Trinajstić information content (AvgIpc) is 3.47. The molecule has 3 aromatic heterocycles. The van der Waals surface area contributed by atoms with Crippen LogP contribution in [-0.2, 0) is 0 Å². The van der Waals surface area contributed by atoms with E-state index in [0.717, 1.165) is 29.3 Å². The molecule has 0 radical (unpaired) electrons. The molecule has 5 rings (SSSR count). The van der Waals surface area contributed by atoms with Gasteiger partial charge < -0.3 is 14.4 Å². The fourth-order valence-corrected chi connectivity index (χ4v) is 3.73. The third kappa shape index (κ3) is 2.84. The van der Waals surface area contributed by atoms with Gasteiger partial charge in [0.25, 0.3) is 11.8 Å². The van der Waals surface area contributed by atoms with Gasteiger partial charge in [-0.15, -0.1) is 5.10 Å². The average molecular weight is 377 g/mol. The molecule has 28 heavy (non-hydrogen) atoms. The van der Waals surface area contributed by atoms with Crippen LogP contribution < -0.4 is 0 Å². The van der Waals surface area contributed by atoms with Crippen molar-refractivity contribution in [1.29, 1.82) is 0 Å². The maximum atomic E-state index is 13.0. The highest BCUT2D eigenvalue weighted by atomic mass is 16.5.